The van der Waals surface area contributed by atoms with Crippen molar-refractivity contribution in [1.29, 1.82) is 0 Å². The summed E-state index contributed by atoms with van der Waals surface area (Å²) in [7, 11) is 0. The fourth-order valence-electron chi connectivity index (χ4n) is 3.26. The number of likely N-dealkylation sites (tertiary alicyclic amines) is 1. The van der Waals surface area contributed by atoms with Crippen molar-refractivity contribution in [2.24, 2.45) is 0 Å². The van der Waals surface area contributed by atoms with Crippen molar-refractivity contribution in [3.8, 4) is 0 Å². The lowest BCUT2D eigenvalue weighted by Crippen LogP contribution is -2.43. The lowest BCUT2D eigenvalue weighted by molar-refractivity contribution is -0.125. The molecule has 0 bridgehead atoms. The molecule has 26 heavy (non-hydrogen) atoms. The molecule has 2 aromatic carbocycles. The van der Waals surface area contributed by atoms with Crippen molar-refractivity contribution in [1.82, 2.24) is 10.2 Å². The molecular weight excluding hydrogens is 369 g/mol. The van der Waals surface area contributed by atoms with Crippen LogP contribution in [0.1, 0.15) is 24.0 Å². The summed E-state index contributed by atoms with van der Waals surface area (Å²) in [4.78, 5) is 14.8. The molecule has 142 valence electrons. The van der Waals surface area contributed by atoms with Gasteiger partial charge in [-0.3, -0.25) is 9.69 Å². The summed E-state index contributed by atoms with van der Waals surface area (Å²) in [6.07, 6.45) is 2.86. The molecule has 0 aliphatic carbocycles. The van der Waals surface area contributed by atoms with Crippen LogP contribution in [0.3, 0.4) is 0 Å². The molecule has 2 aromatic rings. The molecule has 1 amide bonds. The zero-order valence-electron chi connectivity index (χ0n) is 14.8. The lowest BCUT2D eigenvalue weighted by Gasteiger charge is -2.23. The van der Waals surface area contributed by atoms with Crippen LogP contribution in [0, 0.1) is 0 Å². The summed E-state index contributed by atoms with van der Waals surface area (Å²) in [6.45, 7) is 2.50. The number of carbonyl (C=O) groups is 1. The Kier molecular flexibility index (Phi) is 9.49. The van der Waals surface area contributed by atoms with Gasteiger partial charge in [0.15, 0.2) is 0 Å². The van der Waals surface area contributed by atoms with Crippen molar-refractivity contribution in [2.75, 3.05) is 18.8 Å². The Morgan fingerprint density at radius 2 is 1.73 bits per heavy atom. The minimum atomic E-state index is -0.00313. The minimum Gasteiger partial charge on any atom is -0.399 e. The molecule has 1 heterocycles. The van der Waals surface area contributed by atoms with Crippen molar-refractivity contribution in [3.05, 3.63) is 65.7 Å². The van der Waals surface area contributed by atoms with E-state index in [1.165, 1.54) is 11.1 Å². The second kappa shape index (κ2) is 11.1. The maximum atomic E-state index is 12.5. The summed E-state index contributed by atoms with van der Waals surface area (Å²) in [5.74, 6) is 0.152. The number of benzene rings is 2. The molecular formula is C20H27Cl2N3O. The highest BCUT2D eigenvalue weighted by Gasteiger charge is 2.30. The Morgan fingerprint density at radius 1 is 1.04 bits per heavy atom. The van der Waals surface area contributed by atoms with Gasteiger partial charge in [0, 0.05) is 18.8 Å². The molecule has 1 atom stereocenters. The van der Waals surface area contributed by atoms with Crippen LogP contribution in [0.25, 0.3) is 0 Å². The van der Waals surface area contributed by atoms with Crippen LogP contribution in [-0.4, -0.2) is 29.9 Å². The van der Waals surface area contributed by atoms with Gasteiger partial charge in [0.1, 0.15) is 0 Å². The molecule has 3 rings (SSSR count). The maximum absolute atomic E-state index is 12.5. The van der Waals surface area contributed by atoms with Crippen LogP contribution in [0.2, 0.25) is 0 Å². The van der Waals surface area contributed by atoms with Crippen LogP contribution in [0.4, 0.5) is 5.69 Å². The third kappa shape index (κ3) is 6.20. The van der Waals surface area contributed by atoms with E-state index in [0.717, 1.165) is 38.0 Å². The molecule has 0 spiro atoms. The predicted octanol–water partition coefficient (Wildman–Crippen LogP) is 3.44. The lowest BCUT2D eigenvalue weighted by atomic mass is 10.1. The first-order chi connectivity index (χ1) is 11.7. The summed E-state index contributed by atoms with van der Waals surface area (Å²) in [6, 6.07) is 18.2. The van der Waals surface area contributed by atoms with Gasteiger partial charge in [0.2, 0.25) is 5.91 Å². The number of nitrogens with zero attached hydrogens (tertiary/aromatic N) is 1. The number of hydrogen-bond acceptors (Lipinski definition) is 3. The quantitative estimate of drug-likeness (QED) is 0.736. The van der Waals surface area contributed by atoms with Gasteiger partial charge >= 0.3 is 0 Å². The first-order valence-corrected chi connectivity index (χ1v) is 8.62. The molecule has 1 aliphatic heterocycles. The normalized spacial score (nSPS) is 16.4. The number of carbonyl (C=O) groups excluding carboxylic acids is 1. The molecule has 1 unspecified atom stereocenters. The molecule has 1 saturated heterocycles. The van der Waals surface area contributed by atoms with E-state index in [0.29, 0.717) is 6.54 Å². The number of amides is 1. The van der Waals surface area contributed by atoms with Gasteiger partial charge in [-0.1, -0.05) is 42.5 Å². The van der Waals surface area contributed by atoms with Crippen LogP contribution >= 0.6 is 24.8 Å². The smallest absolute Gasteiger partial charge is 0.237 e. The average molecular weight is 396 g/mol. The second-order valence-electron chi connectivity index (χ2n) is 6.40. The third-order valence-corrected chi connectivity index (χ3v) is 4.59. The molecule has 0 saturated carbocycles. The van der Waals surface area contributed by atoms with Gasteiger partial charge in [-0.2, -0.15) is 0 Å². The number of hydrogen-bond donors (Lipinski definition) is 2. The van der Waals surface area contributed by atoms with E-state index in [4.69, 9.17) is 5.73 Å². The molecule has 0 aromatic heterocycles. The maximum Gasteiger partial charge on any atom is 0.237 e. The van der Waals surface area contributed by atoms with Gasteiger partial charge in [0.25, 0.3) is 0 Å². The molecule has 1 aliphatic rings. The summed E-state index contributed by atoms with van der Waals surface area (Å²) < 4.78 is 0. The highest BCUT2D eigenvalue weighted by molar-refractivity contribution is 5.85. The Bertz CT molecular complexity index is 665. The first-order valence-electron chi connectivity index (χ1n) is 8.62. The van der Waals surface area contributed by atoms with Crippen LogP contribution in [0.15, 0.2) is 54.6 Å². The minimum absolute atomic E-state index is 0. The fraction of sp³-hybridized carbons (Fsp3) is 0.350. The first kappa shape index (κ1) is 22.3. The Labute approximate surface area is 168 Å². The summed E-state index contributed by atoms with van der Waals surface area (Å²) in [5.41, 5.74) is 8.91. The van der Waals surface area contributed by atoms with Crippen LogP contribution < -0.4 is 11.1 Å². The zero-order chi connectivity index (χ0) is 16.8. The summed E-state index contributed by atoms with van der Waals surface area (Å²) >= 11 is 0. The standard InChI is InChI=1S/C20H25N3O.2ClH/c21-18-10-8-16(9-11-18)12-13-22-20(24)19-7-4-14-23(19)15-17-5-2-1-3-6-17;;/h1-3,5-6,8-11,19H,4,7,12-15,21H2,(H,22,24);2*1H. The molecule has 0 radical (unpaired) electrons. The van der Waals surface area contributed by atoms with Crippen molar-refractivity contribution in [2.45, 2.75) is 31.8 Å². The highest BCUT2D eigenvalue weighted by atomic mass is 35.5. The number of halogens is 2. The Hall–Kier alpha value is -1.75. The number of nitrogen functional groups attached to an aromatic ring is 1. The third-order valence-electron chi connectivity index (χ3n) is 4.59. The largest absolute Gasteiger partial charge is 0.399 e. The number of rotatable bonds is 6. The van der Waals surface area contributed by atoms with Gasteiger partial charge in [-0.05, 0) is 49.1 Å². The predicted molar refractivity (Wildman–Crippen MR) is 112 cm³/mol. The highest BCUT2D eigenvalue weighted by Crippen LogP contribution is 2.20. The molecule has 6 heteroatoms. The van der Waals surface area contributed by atoms with Crippen LogP contribution in [-0.2, 0) is 17.8 Å². The average Bonchev–Trinajstić information content (AvgIpc) is 3.06. The van der Waals surface area contributed by atoms with Crippen molar-refractivity contribution in [3.63, 3.8) is 0 Å². The van der Waals surface area contributed by atoms with Gasteiger partial charge in [-0.15, -0.1) is 24.8 Å². The van der Waals surface area contributed by atoms with E-state index in [9.17, 15) is 4.79 Å². The molecule has 4 nitrogen and oxygen atoms in total. The Morgan fingerprint density at radius 3 is 2.42 bits per heavy atom. The zero-order valence-corrected chi connectivity index (χ0v) is 16.4. The van der Waals surface area contributed by atoms with Crippen molar-refractivity contribution < 1.29 is 4.79 Å². The van der Waals surface area contributed by atoms with Gasteiger partial charge in [-0.25, -0.2) is 0 Å². The van der Waals surface area contributed by atoms with E-state index >= 15 is 0 Å². The van der Waals surface area contributed by atoms with Crippen LogP contribution in [0.5, 0.6) is 0 Å². The number of nitrogens with one attached hydrogen (secondary N) is 1. The van der Waals surface area contributed by atoms with Gasteiger partial charge in [0.05, 0.1) is 6.04 Å². The second-order valence-corrected chi connectivity index (χ2v) is 6.40. The number of anilines is 1. The van der Waals surface area contributed by atoms with E-state index < -0.39 is 0 Å². The van der Waals surface area contributed by atoms with Gasteiger partial charge < -0.3 is 11.1 Å². The molecule has 3 N–H and O–H groups in total. The topological polar surface area (TPSA) is 58.4 Å². The SMILES string of the molecule is Cl.Cl.Nc1ccc(CCNC(=O)C2CCCN2Cc2ccccc2)cc1. The number of nitrogens with two attached hydrogens (primary N) is 1. The van der Waals surface area contributed by atoms with E-state index in [1.807, 2.05) is 42.5 Å². The van der Waals surface area contributed by atoms with E-state index in [2.05, 4.69) is 22.3 Å². The fourth-order valence-corrected chi connectivity index (χ4v) is 3.26. The Balaban J connectivity index is 0.00000169. The summed E-state index contributed by atoms with van der Waals surface area (Å²) in [5, 5.41) is 3.09. The molecule has 1 fully saturated rings. The van der Waals surface area contributed by atoms with E-state index in [-0.39, 0.29) is 36.8 Å². The van der Waals surface area contributed by atoms with E-state index in [1.54, 1.807) is 0 Å². The monoisotopic (exact) mass is 395 g/mol. The van der Waals surface area contributed by atoms with Crippen molar-refractivity contribution >= 4 is 36.4 Å².